The zero-order valence-electron chi connectivity index (χ0n) is 2.19. The molecule has 0 fully saturated rings. The Bertz CT molecular complexity index is 8.00. The van der Waals surface area contributed by atoms with Gasteiger partial charge in [-0.25, -0.2) is 0 Å². The van der Waals surface area contributed by atoms with E-state index in [-0.39, 0.29) is 17.0 Å². The molecule has 0 radical (unpaired) electrons. The molecule has 0 heterocycles. The molecule has 0 bridgehead atoms. The molecule has 0 N–H and O–H groups in total. The van der Waals surface area contributed by atoms with Gasteiger partial charge >= 0.3 is 0 Å². The summed E-state index contributed by atoms with van der Waals surface area (Å²) in [7, 11) is 1.39. The largest absolute Gasteiger partial charge is 0.283 e. The van der Waals surface area contributed by atoms with Gasteiger partial charge in [-0.15, -0.1) is 17.0 Å². The van der Waals surface area contributed by atoms with Gasteiger partial charge in [0, 0.05) is 0 Å². The molecule has 0 aliphatic carbocycles. The monoisotopic (exact) mass is 146 g/mol. The Labute approximate surface area is 40.8 Å². The molecule has 3 heteroatoms. The molecule has 0 unspecified atom stereocenters. The molecule has 4 heavy (non-hydrogen) atoms. The van der Waals surface area contributed by atoms with Crippen LogP contribution in [0.25, 0.3) is 0 Å². The molecule has 0 saturated heterocycles. The van der Waals surface area contributed by atoms with Crippen molar-refractivity contribution in [2.45, 2.75) is 0 Å². The maximum atomic E-state index is 4.50. The minimum absolute atomic E-state index is 0. The van der Waals surface area contributed by atoms with E-state index in [0.29, 0.717) is 0 Å². The van der Waals surface area contributed by atoms with Crippen molar-refractivity contribution in [3.8, 4) is 0 Å². The fourth-order valence-corrected chi connectivity index (χ4v) is 0. The van der Waals surface area contributed by atoms with Gasteiger partial charge in [0.2, 0.25) is 0 Å². The lowest BCUT2D eigenvalue weighted by Crippen LogP contribution is -1.39. The number of hydrogen-bond donors (Lipinski definition) is 0. The number of rotatable bonds is 0. The van der Waals surface area contributed by atoms with E-state index in [0.717, 1.165) is 0 Å². The van der Waals surface area contributed by atoms with Crippen LogP contribution in [-0.2, 0) is 4.29 Å². The Balaban J connectivity index is 0. The van der Waals surface area contributed by atoms with E-state index < -0.39 is 0 Å². The van der Waals surface area contributed by atoms with Gasteiger partial charge < -0.3 is 0 Å². The Hall–Kier alpha value is 0.730. The molecular weight excluding hydrogens is 143 g/mol. The maximum Gasteiger partial charge on any atom is 0.0606 e. The highest BCUT2D eigenvalue weighted by atomic mass is 79.9. The molecule has 0 atom stereocenters. The maximum absolute atomic E-state index is 4.50. The minimum Gasteiger partial charge on any atom is -0.283 e. The van der Waals surface area contributed by atoms with E-state index in [4.69, 9.17) is 0 Å². The second-order valence-electron chi connectivity index (χ2n) is 0.154. The topological polar surface area (TPSA) is 9.23 Å². The summed E-state index contributed by atoms with van der Waals surface area (Å²) in [5.41, 5.74) is 0. The summed E-state index contributed by atoms with van der Waals surface area (Å²) >= 11 is 4.50. The predicted octanol–water partition coefficient (Wildman–Crippen LogP) is 1.36. The first kappa shape index (κ1) is 8.83. The van der Waals surface area contributed by atoms with Crippen LogP contribution in [0.4, 0.5) is 0 Å². The summed E-state index contributed by atoms with van der Waals surface area (Å²) in [6, 6.07) is 0. The molecule has 0 aromatic heterocycles. The van der Waals surface area contributed by atoms with Gasteiger partial charge in [0.05, 0.1) is 19.0 Å². The van der Waals surface area contributed by atoms with Crippen molar-refractivity contribution in [2.75, 3.05) is 7.11 Å². The molecule has 0 aliphatic heterocycles. The molecule has 0 spiro atoms. The summed E-state index contributed by atoms with van der Waals surface area (Å²) in [5, 5.41) is 0. The summed E-state index contributed by atoms with van der Waals surface area (Å²) in [6.07, 6.45) is 0. The first-order valence-corrected chi connectivity index (χ1v) is 0.871. The van der Waals surface area contributed by atoms with Crippen molar-refractivity contribution >= 4 is 28.8 Å². The van der Waals surface area contributed by atoms with Gasteiger partial charge in [0.1, 0.15) is 0 Å². The lowest BCUT2D eigenvalue weighted by molar-refractivity contribution is 0.463. The predicted molar refractivity (Wildman–Crippen MR) is 23.2 cm³/mol. The molecule has 28 valence electrons. The van der Waals surface area contributed by atoms with E-state index in [1.807, 2.05) is 0 Å². The van der Waals surface area contributed by atoms with Crippen LogP contribution in [0, 0.1) is 0 Å². The van der Waals surface area contributed by atoms with Crippen molar-refractivity contribution in [1.29, 1.82) is 0 Å². The van der Waals surface area contributed by atoms with Crippen LogP contribution >= 0.6 is 28.8 Å². The first-order chi connectivity index (χ1) is 1.41. The zero-order valence-corrected chi connectivity index (χ0v) is 4.66. The van der Waals surface area contributed by atoms with Gasteiger partial charge in [0.25, 0.3) is 0 Å². The average molecular weight is 147 g/mol. The quantitative estimate of drug-likeness (QED) is 0.503. The van der Waals surface area contributed by atoms with Crippen LogP contribution in [0.3, 0.4) is 0 Å². The summed E-state index contributed by atoms with van der Waals surface area (Å²) < 4.78 is 3.72. The molecule has 0 amide bonds. The fourth-order valence-electron chi connectivity index (χ4n) is 0. The SMILES string of the molecule is Br.COCl. The number of halogens is 2. The summed E-state index contributed by atoms with van der Waals surface area (Å²) in [4.78, 5) is 0. The Morgan fingerprint density at radius 1 is 1.75 bits per heavy atom. The van der Waals surface area contributed by atoms with Gasteiger partial charge in [-0.2, -0.15) is 0 Å². The van der Waals surface area contributed by atoms with Crippen LogP contribution in [0.1, 0.15) is 0 Å². The smallest absolute Gasteiger partial charge is 0.0606 e. The van der Waals surface area contributed by atoms with Crippen LogP contribution in [-0.4, -0.2) is 7.11 Å². The lowest BCUT2D eigenvalue weighted by atomic mass is 11.8. The van der Waals surface area contributed by atoms with Gasteiger partial charge in [-0.3, -0.25) is 4.29 Å². The standard InChI is InChI=1S/CH3ClO.BrH/c1-3-2;/h1H3;1H. The second kappa shape index (κ2) is 9.29. The first-order valence-electron chi connectivity index (χ1n) is 0.563. The average Bonchev–Trinajstić information content (AvgIpc) is 0.918. The number of hydrogen-bond acceptors (Lipinski definition) is 1. The minimum atomic E-state index is 0. The van der Waals surface area contributed by atoms with Crippen LogP contribution in [0.15, 0.2) is 0 Å². The van der Waals surface area contributed by atoms with E-state index >= 15 is 0 Å². The van der Waals surface area contributed by atoms with Gasteiger partial charge in [-0.05, 0) is 0 Å². The Morgan fingerprint density at radius 3 is 1.75 bits per heavy atom. The molecule has 1 nitrogen and oxygen atoms in total. The summed E-state index contributed by atoms with van der Waals surface area (Å²) in [5.74, 6) is 0. The van der Waals surface area contributed by atoms with Gasteiger partial charge in [0.15, 0.2) is 0 Å². The van der Waals surface area contributed by atoms with Gasteiger partial charge in [-0.1, -0.05) is 0 Å². The Kier molecular flexibility index (Phi) is 20.5. The van der Waals surface area contributed by atoms with E-state index in [2.05, 4.69) is 16.2 Å². The Morgan fingerprint density at radius 2 is 1.75 bits per heavy atom. The highest BCUT2D eigenvalue weighted by Gasteiger charge is 1.31. The van der Waals surface area contributed by atoms with Crippen molar-refractivity contribution in [2.24, 2.45) is 0 Å². The normalized spacial score (nSPS) is 4.50. The lowest BCUT2D eigenvalue weighted by Gasteiger charge is -1.54. The van der Waals surface area contributed by atoms with Crippen molar-refractivity contribution < 1.29 is 4.29 Å². The van der Waals surface area contributed by atoms with E-state index in [9.17, 15) is 0 Å². The van der Waals surface area contributed by atoms with Crippen LogP contribution in [0.5, 0.6) is 0 Å². The summed E-state index contributed by atoms with van der Waals surface area (Å²) in [6.45, 7) is 0. The third-order valence-electron chi connectivity index (χ3n) is 0. The third-order valence-corrected chi connectivity index (χ3v) is 0. The molecule has 0 aliphatic rings. The molecule has 0 rings (SSSR count). The second-order valence-corrected chi connectivity index (χ2v) is 0.463. The zero-order chi connectivity index (χ0) is 2.71. The van der Waals surface area contributed by atoms with Crippen molar-refractivity contribution in [3.63, 3.8) is 0 Å². The van der Waals surface area contributed by atoms with E-state index in [1.54, 1.807) is 0 Å². The van der Waals surface area contributed by atoms with E-state index in [1.165, 1.54) is 7.11 Å². The van der Waals surface area contributed by atoms with Crippen LogP contribution in [0.2, 0.25) is 0 Å². The van der Waals surface area contributed by atoms with Crippen LogP contribution < -0.4 is 0 Å². The van der Waals surface area contributed by atoms with Crippen molar-refractivity contribution in [3.05, 3.63) is 0 Å². The molecule has 0 aromatic rings. The molecule has 0 aromatic carbocycles. The molecular formula is CH4BrClO. The highest BCUT2D eigenvalue weighted by molar-refractivity contribution is 8.93. The van der Waals surface area contributed by atoms with Crippen molar-refractivity contribution in [1.82, 2.24) is 0 Å². The highest BCUT2D eigenvalue weighted by Crippen LogP contribution is 1.59. The molecule has 0 saturated carbocycles. The fraction of sp³-hybridized carbons (Fsp3) is 1.00. The third kappa shape index (κ3) is 15.3.